The van der Waals surface area contributed by atoms with Crippen molar-refractivity contribution in [2.24, 2.45) is 13.0 Å². The van der Waals surface area contributed by atoms with Crippen molar-refractivity contribution in [1.29, 1.82) is 0 Å². The molecule has 7 heteroatoms. The minimum absolute atomic E-state index is 0.0777. The van der Waals surface area contributed by atoms with E-state index in [0.29, 0.717) is 31.1 Å². The third-order valence-corrected chi connectivity index (χ3v) is 4.22. The van der Waals surface area contributed by atoms with Gasteiger partial charge in [-0.25, -0.2) is 0 Å². The lowest BCUT2D eigenvalue weighted by Gasteiger charge is -2.35. The first kappa shape index (κ1) is 16.3. The van der Waals surface area contributed by atoms with Gasteiger partial charge in [-0.15, -0.1) is 0 Å². The van der Waals surface area contributed by atoms with Crippen molar-refractivity contribution in [2.75, 3.05) is 13.1 Å². The predicted octanol–water partition coefficient (Wildman–Crippen LogP) is 1.40. The standard InChI is InChI=1S/C17H23N5O2/c1-11(2)8-15-16(23)18-5-7-22(15)17(24)14-9-13(19-20-14)12-4-6-21(3)10-12/h4,6,9-11,15H,5,7-8H2,1-3H3,(H,18,23)(H,19,20)/t15-/m0/s1. The summed E-state index contributed by atoms with van der Waals surface area (Å²) in [5.74, 6) is 0.0760. The normalized spacial score (nSPS) is 18.1. The highest BCUT2D eigenvalue weighted by Gasteiger charge is 2.34. The van der Waals surface area contributed by atoms with E-state index in [-0.39, 0.29) is 11.8 Å². The fraction of sp³-hybridized carbons (Fsp3) is 0.471. The fourth-order valence-electron chi connectivity index (χ4n) is 3.03. The first-order valence-corrected chi connectivity index (χ1v) is 8.22. The van der Waals surface area contributed by atoms with Gasteiger partial charge in [0.25, 0.3) is 5.91 Å². The van der Waals surface area contributed by atoms with Gasteiger partial charge in [-0.3, -0.25) is 14.7 Å². The second-order valence-electron chi connectivity index (χ2n) is 6.67. The number of amides is 2. The molecule has 1 saturated heterocycles. The Kier molecular flexibility index (Phi) is 4.42. The van der Waals surface area contributed by atoms with E-state index in [0.717, 1.165) is 11.3 Å². The molecule has 0 saturated carbocycles. The molecule has 3 heterocycles. The Hall–Kier alpha value is -2.57. The molecule has 2 aromatic rings. The Morgan fingerprint density at radius 3 is 2.92 bits per heavy atom. The number of nitrogens with zero attached hydrogens (tertiary/aromatic N) is 3. The molecular weight excluding hydrogens is 306 g/mol. The predicted molar refractivity (Wildman–Crippen MR) is 90.3 cm³/mol. The third kappa shape index (κ3) is 3.20. The van der Waals surface area contributed by atoms with Crippen LogP contribution in [0.25, 0.3) is 11.3 Å². The molecule has 128 valence electrons. The number of aryl methyl sites for hydroxylation is 1. The lowest BCUT2D eigenvalue weighted by Crippen LogP contribution is -2.57. The molecule has 0 aromatic carbocycles. The number of hydrogen-bond acceptors (Lipinski definition) is 3. The van der Waals surface area contributed by atoms with Gasteiger partial charge < -0.3 is 14.8 Å². The summed E-state index contributed by atoms with van der Waals surface area (Å²) in [7, 11) is 1.94. The van der Waals surface area contributed by atoms with Gasteiger partial charge in [0.05, 0.1) is 5.69 Å². The quantitative estimate of drug-likeness (QED) is 0.889. The number of aromatic nitrogens is 3. The highest BCUT2D eigenvalue weighted by atomic mass is 16.2. The Morgan fingerprint density at radius 1 is 1.46 bits per heavy atom. The van der Waals surface area contributed by atoms with E-state index in [1.807, 2.05) is 43.9 Å². The number of piperazine rings is 1. The molecule has 0 aliphatic carbocycles. The molecule has 0 unspecified atom stereocenters. The number of nitrogens with one attached hydrogen (secondary N) is 2. The van der Waals surface area contributed by atoms with Gasteiger partial charge in [-0.1, -0.05) is 13.8 Å². The Labute approximate surface area is 141 Å². The number of aromatic amines is 1. The van der Waals surface area contributed by atoms with E-state index < -0.39 is 6.04 Å². The maximum atomic E-state index is 12.9. The van der Waals surface area contributed by atoms with Crippen LogP contribution < -0.4 is 5.32 Å². The van der Waals surface area contributed by atoms with Crippen LogP contribution in [0.3, 0.4) is 0 Å². The van der Waals surface area contributed by atoms with E-state index >= 15 is 0 Å². The highest BCUT2D eigenvalue weighted by Crippen LogP contribution is 2.21. The van der Waals surface area contributed by atoms with Gasteiger partial charge in [0.2, 0.25) is 5.91 Å². The highest BCUT2D eigenvalue weighted by molar-refractivity contribution is 5.97. The molecule has 2 amide bonds. The summed E-state index contributed by atoms with van der Waals surface area (Å²) in [4.78, 5) is 26.7. The molecule has 2 N–H and O–H groups in total. The summed E-state index contributed by atoms with van der Waals surface area (Å²) in [5, 5.41) is 9.90. The first-order valence-electron chi connectivity index (χ1n) is 8.22. The molecule has 1 aliphatic heterocycles. The summed E-state index contributed by atoms with van der Waals surface area (Å²) in [6, 6.07) is 3.27. The maximum absolute atomic E-state index is 12.9. The van der Waals surface area contributed by atoms with Gasteiger partial charge in [-0.05, 0) is 24.5 Å². The van der Waals surface area contributed by atoms with Gasteiger partial charge in [0.15, 0.2) is 0 Å². The third-order valence-electron chi connectivity index (χ3n) is 4.22. The average molecular weight is 329 g/mol. The summed E-state index contributed by atoms with van der Waals surface area (Å²) in [5.41, 5.74) is 2.08. The van der Waals surface area contributed by atoms with Crippen molar-refractivity contribution < 1.29 is 9.59 Å². The van der Waals surface area contributed by atoms with Crippen LogP contribution in [0.15, 0.2) is 24.5 Å². The lowest BCUT2D eigenvalue weighted by atomic mass is 9.99. The molecule has 24 heavy (non-hydrogen) atoms. The first-order chi connectivity index (χ1) is 11.5. The number of carbonyl (C=O) groups excluding carboxylic acids is 2. The van der Waals surface area contributed by atoms with E-state index in [1.165, 1.54) is 0 Å². The minimum Gasteiger partial charge on any atom is -0.357 e. The number of rotatable bonds is 4. The maximum Gasteiger partial charge on any atom is 0.272 e. The van der Waals surface area contributed by atoms with Crippen LogP contribution in [-0.2, 0) is 11.8 Å². The summed E-state index contributed by atoms with van der Waals surface area (Å²) < 4.78 is 1.93. The van der Waals surface area contributed by atoms with Crippen molar-refractivity contribution in [3.05, 3.63) is 30.2 Å². The zero-order valence-electron chi connectivity index (χ0n) is 14.2. The smallest absolute Gasteiger partial charge is 0.272 e. The summed E-state index contributed by atoms with van der Waals surface area (Å²) in [6.45, 7) is 5.10. The van der Waals surface area contributed by atoms with Gasteiger partial charge >= 0.3 is 0 Å². The minimum atomic E-state index is -0.422. The van der Waals surface area contributed by atoms with Crippen molar-refractivity contribution in [3.63, 3.8) is 0 Å². The van der Waals surface area contributed by atoms with Crippen molar-refractivity contribution >= 4 is 11.8 Å². The molecule has 1 fully saturated rings. The second-order valence-corrected chi connectivity index (χ2v) is 6.67. The molecule has 0 bridgehead atoms. The number of carbonyl (C=O) groups is 2. The van der Waals surface area contributed by atoms with Crippen LogP contribution in [-0.4, -0.2) is 50.6 Å². The van der Waals surface area contributed by atoms with E-state index in [9.17, 15) is 9.59 Å². The molecule has 1 atom stereocenters. The SMILES string of the molecule is CC(C)C[C@H]1C(=O)NCCN1C(=O)c1cc(-c2ccn(C)c2)n[nH]1. The Morgan fingerprint density at radius 2 is 2.25 bits per heavy atom. The zero-order chi connectivity index (χ0) is 17.3. The largest absolute Gasteiger partial charge is 0.357 e. The van der Waals surface area contributed by atoms with Crippen LogP contribution >= 0.6 is 0 Å². The van der Waals surface area contributed by atoms with E-state index in [4.69, 9.17) is 0 Å². The zero-order valence-corrected chi connectivity index (χ0v) is 14.2. The number of hydrogen-bond donors (Lipinski definition) is 2. The van der Waals surface area contributed by atoms with Gasteiger partial charge in [0.1, 0.15) is 11.7 Å². The van der Waals surface area contributed by atoms with Crippen LogP contribution in [0.5, 0.6) is 0 Å². The topological polar surface area (TPSA) is 83.0 Å². The van der Waals surface area contributed by atoms with Crippen molar-refractivity contribution in [1.82, 2.24) is 25.0 Å². The molecular formula is C17H23N5O2. The Balaban J connectivity index is 1.82. The van der Waals surface area contributed by atoms with E-state index in [1.54, 1.807) is 11.0 Å². The van der Waals surface area contributed by atoms with Crippen molar-refractivity contribution in [2.45, 2.75) is 26.3 Å². The molecule has 1 aliphatic rings. The average Bonchev–Trinajstić information content (AvgIpc) is 3.17. The summed E-state index contributed by atoms with van der Waals surface area (Å²) in [6.07, 6.45) is 4.52. The van der Waals surface area contributed by atoms with Gasteiger partial charge in [0, 0.05) is 38.1 Å². The van der Waals surface area contributed by atoms with E-state index in [2.05, 4.69) is 15.5 Å². The van der Waals surface area contributed by atoms with Crippen LogP contribution in [0.2, 0.25) is 0 Å². The van der Waals surface area contributed by atoms with Crippen LogP contribution in [0.4, 0.5) is 0 Å². The van der Waals surface area contributed by atoms with Gasteiger partial charge in [-0.2, -0.15) is 5.10 Å². The molecule has 0 radical (unpaired) electrons. The molecule has 3 rings (SSSR count). The molecule has 7 nitrogen and oxygen atoms in total. The van der Waals surface area contributed by atoms with Crippen molar-refractivity contribution in [3.8, 4) is 11.3 Å². The second kappa shape index (κ2) is 6.51. The monoisotopic (exact) mass is 329 g/mol. The van der Waals surface area contributed by atoms with Crippen LogP contribution in [0, 0.1) is 5.92 Å². The fourth-order valence-corrected chi connectivity index (χ4v) is 3.03. The van der Waals surface area contributed by atoms with Crippen LogP contribution in [0.1, 0.15) is 30.8 Å². The number of H-pyrrole nitrogens is 1. The Bertz CT molecular complexity index is 746. The molecule has 0 spiro atoms. The lowest BCUT2D eigenvalue weighted by molar-refractivity contribution is -0.128. The molecule has 2 aromatic heterocycles. The summed E-state index contributed by atoms with van der Waals surface area (Å²) >= 11 is 0.